The molecule has 0 bridgehead atoms. The molecule has 0 aromatic carbocycles. The Kier molecular flexibility index (Phi) is 2.38. The summed E-state index contributed by atoms with van der Waals surface area (Å²) in [6, 6.07) is 0. The molecule has 0 radical (unpaired) electrons. The lowest BCUT2D eigenvalue weighted by Gasteiger charge is -1.99. The zero-order valence-corrected chi connectivity index (χ0v) is 6.65. The van der Waals surface area contributed by atoms with Crippen LogP contribution in [-0.2, 0) is 4.79 Å². The zero-order chi connectivity index (χ0) is 7.56. The maximum atomic E-state index is 10.2. The number of hydrogen-bond donors (Lipinski definition) is 1. The molecule has 56 valence electrons. The second-order valence-corrected chi connectivity index (χ2v) is 3.77. The van der Waals surface area contributed by atoms with Crippen molar-refractivity contribution in [2.45, 2.75) is 18.6 Å². The summed E-state index contributed by atoms with van der Waals surface area (Å²) in [5, 5.41) is 8.82. The minimum atomic E-state index is -0.815. The molecular formula is C7H10O2S. The lowest BCUT2D eigenvalue weighted by Crippen LogP contribution is -1.97. The molecule has 0 aromatic rings. The standard InChI is InChI=1S/C7H10O2S/c1-5-6(2-3-10-5)4-7(8)9/h4-5H,2-3H2,1H3,(H,8,9)/b6-4+. The topological polar surface area (TPSA) is 37.3 Å². The third-order valence-electron chi connectivity index (χ3n) is 1.59. The summed E-state index contributed by atoms with van der Waals surface area (Å²) >= 11 is 1.82. The fourth-order valence-electron chi connectivity index (χ4n) is 1.01. The van der Waals surface area contributed by atoms with E-state index >= 15 is 0 Å². The first-order valence-corrected chi connectivity index (χ1v) is 4.30. The monoisotopic (exact) mass is 158 g/mol. The van der Waals surface area contributed by atoms with Gasteiger partial charge in [-0.2, -0.15) is 11.8 Å². The summed E-state index contributed by atoms with van der Waals surface area (Å²) < 4.78 is 0. The van der Waals surface area contributed by atoms with E-state index in [9.17, 15) is 4.79 Å². The van der Waals surface area contributed by atoms with Gasteiger partial charge in [-0.05, 0) is 24.7 Å². The van der Waals surface area contributed by atoms with Crippen LogP contribution in [0.5, 0.6) is 0 Å². The second kappa shape index (κ2) is 3.10. The summed E-state index contributed by atoms with van der Waals surface area (Å²) in [5.74, 6) is 0.254. The SMILES string of the molecule is CC1SCC/C1=C\C(=O)O. The summed E-state index contributed by atoms with van der Waals surface area (Å²) in [6.45, 7) is 2.05. The molecule has 1 atom stereocenters. The molecule has 10 heavy (non-hydrogen) atoms. The summed E-state index contributed by atoms with van der Waals surface area (Å²) in [7, 11) is 0. The van der Waals surface area contributed by atoms with Crippen LogP contribution in [0.2, 0.25) is 0 Å². The lowest BCUT2D eigenvalue weighted by molar-refractivity contribution is -0.131. The van der Waals surface area contributed by atoms with Crippen LogP contribution in [0.3, 0.4) is 0 Å². The van der Waals surface area contributed by atoms with Crippen molar-refractivity contribution in [1.82, 2.24) is 0 Å². The second-order valence-electron chi connectivity index (χ2n) is 2.32. The van der Waals surface area contributed by atoms with Gasteiger partial charge in [0.1, 0.15) is 0 Å². The van der Waals surface area contributed by atoms with Crippen LogP contribution >= 0.6 is 11.8 Å². The van der Waals surface area contributed by atoms with Gasteiger partial charge in [-0.1, -0.05) is 0 Å². The van der Waals surface area contributed by atoms with Gasteiger partial charge in [-0.15, -0.1) is 0 Å². The molecule has 0 saturated carbocycles. The van der Waals surface area contributed by atoms with Crippen molar-refractivity contribution in [2.75, 3.05) is 5.75 Å². The quantitative estimate of drug-likeness (QED) is 0.588. The molecule has 1 unspecified atom stereocenters. The van der Waals surface area contributed by atoms with Crippen molar-refractivity contribution in [3.8, 4) is 0 Å². The third kappa shape index (κ3) is 1.77. The van der Waals surface area contributed by atoms with Gasteiger partial charge in [0.15, 0.2) is 0 Å². The molecular weight excluding hydrogens is 148 g/mol. The number of thioether (sulfide) groups is 1. The maximum Gasteiger partial charge on any atom is 0.328 e. The van der Waals surface area contributed by atoms with Crippen molar-refractivity contribution in [3.63, 3.8) is 0 Å². The number of aliphatic carboxylic acids is 1. The molecule has 1 rings (SSSR count). The first kappa shape index (κ1) is 7.66. The Labute approximate surface area is 64.3 Å². The van der Waals surface area contributed by atoms with Crippen LogP contribution in [0.25, 0.3) is 0 Å². The maximum absolute atomic E-state index is 10.2. The predicted molar refractivity (Wildman–Crippen MR) is 42.3 cm³/mol. The van der Waals surface area contributed by atoms with Gasteiger partial charge >= 0.3 is 5.97 Å². The van der Waals surface area contributed by atoms with Crippen LogP contribution < -0.4 is 0 Å². The average molecular weight is 158 g/mol. The van der Waals surface area contributed by atoms with E-state index in [1.807, 2.05) is 18.7 Å². The Balaban J connectivity index is 2.62. The van der Waals surface area contributed by atoms with E-state index in [0.29, 0.717) is 5.25 Å². The molecule has 1 saturated heterocycles. The van der Waals surface area contributed by atoms with E-state index in [4.69, 9.17) is 5.11 Å². The van der Waals surface area contributed by atoms with Crippen LogP contribution in [0.15, 0.2) is 11.6 Å². The van der Waals surface area contributed by atoms with E-state index in [1.54, 1.807) is 0 Å². The fraction of sp³-hybridized carbons (Fsp3) is 0.571. The van der Waals surface area contributed by atoms with Crippen LogP contribution in [0, 0.1) is 0 Å². The van der Waals surface area contributed by atoms with Crippen molar-refractivity contribution in [3.05, 3.63) is 11.6 Å². The van der Waals surface area contributed by atoms with Crippen LogP contribution in [0.4, 0.5) is 0 Å². The number of hydrogen-bond acceptors (Lipinski definition) is 2. The minimum absolute atomic E-state index is 0.413. The van der Waals surface area contributed by atoms with E-state index in [1.165, 1.54) is 6.08 Å². The van der Waals surface area contributed by atoms with Gasteiger partial charge in [0, 0.05) is 11.3 Å². The number of carboxylic acids is 1. The molecule has 1 N–H and O–H groups in total. The fourth-order valence-corrected chi connectivity index (χ4v) is 2.12. The molecule has 1 fully saturated rings. The smallest absolute Gasteiger partial charge is 0.328 e. The molecule has 1 aliphatic heterocycles. The molecule has 2 nitrogen and oxygen atoms in total. The summed E-state index contributed by atoms with van der Waals surface area (Å²) in [6.07, 6.45) is 2.28. The molecule has 0 spiro atoms. The number of carbonyl (C=O) groups is 1. The van der Waals surface area contributed by atoms with Crippen LogP contribution in [0.1, 0.15) is 13.3 Å². The van der Waals surface area contributed by atoms with Crippen molar-refractivity contribution < 1.29 is 9.90 Å². The highest BCUT2D eigenvalue weighted by Crippen LogP contribution is 2.30. The van der Waals surface area contributed by atoms with Gasteiger partial charge in [-0.3, -0.25) is 0 Å². The van der Waals surface area contributed by atoms with Gasteiger partial charge < -0.3 is 5.11 Å². The highest BCUT2D eigenvalue weighted by atomic mass is 32.2. The Hall–Kier alpha value is -0.440. The predicted octanol–water partition coefficient (Wildman–Crippen LogP) is 1.52. The van der Waals surface area contributed by atoms with Crippen molar-refractivity contribution >= 4 is 17.7 Å². The van der Waals surface area contributed by atoms with Crippen molar-refractivity contribution in [2.24, 2.45) is 0 Å². The van der Waals surface area contributed by atoms with Gasteiger partial charge in [0.25, 0.3) is 0 Å². The largest absolute Gasteiger partial charge is 0.478 e. The first-order chi connectivity index (χ1) is 4.70. The zero-order valence-electron chi connectivity index (χ0n) is 5.83. The molecule has 0 aromatic heterocycles. The highest BCUT2D eigenvalue weighted by molar-refractivity contribution is 8.00. The highest BCUT2D eigenvalue weighted by Gasteiger charge is 2.16. The van der Waals surface area contributed by atoms with E-state index in [0.717, 1.165) is 17.7 Å². The number of rotatable bonds is 1. The van der Waals surface area contributed by atoms with E-state index in [-0.39, 0.29) is 0 Å². The van der Waals surface area contributed by atoms with Gasteiger partial charge in [-0.25, -0.2) is 4.79 Å². The van der Waals surface area contributed by atoms with E-state index < -0.39 is 5.97 Å². The third-order valence-corrected chi connectivity index (χ3v) is 2.83. The summed E-state index contributed by atoms with van der Waals surface area (Å²) in [5.41, 5.74) is 1.07. The molecule has 0 amide bonds. The Bertz CT molecular complexity index is 174. The molecule has 3 heteroatoms. The van der Waals surface area contributed by atoms with Crippen molar-refractivity contribution in [1.29, 1.82) is 0 Å². The molecule has 0 aliphatic carbocycles. The van der Waals surface area contributed by atoms with Crippen LogP contribution in [-0.4, -0.2) is 22.1 Å². The number of carboxylic acid groups (broad SMARTS) is 1. The Morgan fingerprint density at radius 3 is 3.00 bits per heavy atom. The van der Waals surface area contributed by atoms with Gasteiger partial charge in [0.2, 0.25) is 0 Å². The first-order valence-electron chi connectivity index (χ1n) is 3.25. The molecule has 1 aliphatic rings. The Morgan fingerprint density at radius 1 is 1.90 bits per heavy atom. The van der Waals surface area contributed by atoms with E-state index in [2.05, 4.69) is 0 Å². The normalized spacial score (nSPS) is 29.3. The Morgan fingerprint density at radius 2 is 2.60 bits per heavy atom. The minimum Gasteiger partial charge on any atom is -0.478 e. The van der Waals surface area contributed by atoms with Gasteiger partial charge in [0.05, 0.1) is 0 Å². The average Bonchev–Trinajstić information content (AvgIpc) is 2.15. The molecule has 1 heterocycles. The lowest BCUT2D eigenvalue weighted by atomic mass is 10.1. The summed E-state index contributed by atoms with van der Waals surface area (Å²) in [4.78, 5) is 10.2.